The largest absolute Gasteiger partial charge is 0.467 e. The van der Waals surface area contributed by atoms with Gasteiger partial charge in [0.1, 0.15) is 6.04 Å². The maximum absolute atomic E-state index is 11.4. The second-order valence-electron chi connectivity index (χ2n) is 3.58. The molecular formula is C12H14ClNO4. The molecule has 1 rings (SSSR count). The SMILES string of the molecule is COC(=O)c1ccc(Cl)c(NC(C)C(=O)OC)c1. The van der Waals surface area contributed by atoms with Crippen molar-refractivity contribution in [1.29, 1.82) is 0 Å². The summed E-state index contributed by atoms with van der Waals surface area (Å²) in [5.41, 5.74) is 0.818. The molecule has 0 bridgehead atoms. The Morgan fingerprint density at radius 3 is 2.50 bits per heavy atom. The first kappa shape index (κ1) is 14.3. The summed E-state index contributed by atoms with van der Waals surface area (Å²) in [6.07, 6.45) is 0. The molecule has 0 heterocycles. The molecule has 0 aliphatic heterocycles. The standard InChI is InChI=1S/C12H14ClNO4/c1-7(11(15)17-2)14-10-6-8(12(16)18-3)4-5-9(10)13/h4-7,14H,1-3H3. The summed E-state index contributed by atoms with van der Waals surface area (Å²) in [6, 6.07) is 4.05. The van der Waals surface area contributed by atoms with E-state index in [1.54, 1.807) is 19.1 Å². The highest BCUT2D eigenvalue weighted by molar-refractivity contribution is 6.33. The van der Waals surface area contributed by atoms with Crippen molar-refractivity contribution in [2.45, 2.75) is 13.0 Å². The molecule has 0 saturated heterocycles. The van der Waals surface area contributed by atoms with E-state index in [0.29, 0.717) is 16.3 Å². The minimum atomic E-state index is -0.569. The molecule has 18 heavy (non-hydrogen) atoms. The lowest BCUT2D eigenvalue weighted by atomic mass is 10.2. The Labute approximate surface area is 110 Å². The maximum atomic E-state index is 11.4. The monoisotopic (exact) mass is 271 g/mol. The molecule has 0 spiro atoms. The van der Waals surface area contributed by atoms with E-state index < -0.39 is 18.0 Å². The van der Waals surface area contributed by atoms with Gasteiger partial charge in [0, 0.05) is 0 Å². The molecule has 1 aromatic rings. The van der Waals surface area contributed by atoms with Gasteiger partial charge in [0.05, 0.1) is 30.5 Å². The predicted molar refractivity (Wildman–Crippen MR) is 67.9 cm³/mol. The predicted octanol–water partition coefficient (Wildman–Crippen LogP) is 2.10. The van der Waals surface area contributed by atoms with Gasteiger partial charge in [-0.25, -0.2) is 9.59 Å². The Kier molecular flexibility index (Phi) is 4.97. The summed E-state index contributed by atoms with van der Waals surface area (Å²) in [6.45, 7) is 1.63. The van der Waals surface area contributed by atoms with Crippen LogP contribution in [0.5, 0.6) is 0 Å². The number of anilines is 1. The molecule has 0 fully saturated rings. The van der Waals surface area contributed by atoms with Gasteiger partial charge in [-0.2, -0.15) is 0 Å². The second-order valence-corrected chi connectivity index (χ2v) is 3.98. The van der Waals surface area contributed by atoms with E-state index in [0.717, 1.165) is 0 Å². The fourth-order valence-electron chi connectivity index (χ4n) is 1.35. The zero-order chi connectivity index (χ0) is 13.7. The molecule has 5 nitrogen and oxygen atoms in total. The van der Waals surface area contributed by atoms with Crippen molar-refractivity contribution in [3.05, 3.63) is 28.8 Å². The summed E-state index contributed by atoms with van der Waals surface area (Å²) >= 11 is 5.97. The molecule has 0 amide bonds. The van der Waals surface area contributed by atoms with E-state index in [-0.39, 0.29) is 0 Å². The van der Waals surface area contributed by atoms with Gasteiger partial charge in [0.25, 0.3) is 0 Å². The van der Waals surface area contributed by atoms with E-state index in [9.17, 15) is 9.59 Å². The zero-order valence-corrected chi connectivity index (χ0v) is 11.1. The highest BCUT2D eigenvalue weighted by Crippen LogP contribution is 2.24. The summed E-state index contributed by atoms with van der Waals surface area (Å²) < 4.78 is 9.19. The Balaban J connectivity index is 2.94. The third-order valence-corrected chi connectivity index (χ3v) is 2.64. The number of nitrogens with one attached hydrogen (secondary N) is 1. The molecule has 0 aliphatic carbocycles. The van der Waals surface area contributed by atoms with Crippen LogP contribution in [0.2, 0.25) is 5.02 Å². The number of methoxy groups -OCH3 is 2. The van der Waals surface area contributed by atoms with Crippen molar-refractivity contribution in [2.24, 2.45) is 0 Å². The first-order chi connectivity index (χ1) is 8.49. The lowest BCUT2D eigenvalue weighted by Crippen LogP contribution is -2.27. The normalized spacial score (nSPS) is 11.6. The second kappa shape index (κ2) is 6.26. The van der Waals surface area contributed by atoms with Crippen molar-refractivity contribution in [1.82, 2.24) is 0 Å². The molecular weight excluding hydrogens is 258 g/mol. The summed E-state index contributed by atoms with van der Waals surface area (Å²) in [7, 11) is 2.59. The molecule has 0 aliphatic rings. The fourth-order valence-corrected chi connectivity index (χ4v) is 1.52. The van der Waals surface area contributed by atoms with Crippen LogP contribution in [0.15, 0.2) is 18.2 Å². The van der Waals surface area contributed by atoms with E-state index in [1.165, 1.54) is 20.3 Å². The number of esters is 2. The van der Waals surface area contributed by atoms with E-state index in [4.69, 9.17) is 11.6 Å². The third-order valence-electron chi connectivity index (χ3n) is 2.31. The lowest BCUT2D eigenvalue weighted by molar-refractivity contribution is -0.141. The van der Waals surface area contributed by atoms with Gasteiger partial charge in [-0.15, -0.1) is 0 Å². The lowest BCUT2D eigenvalue weighted by Gasteiger charge is -2.14. The van der Waals surface area contributed by atoms with E-state index in [1.807, 2.05) is 0 Å². The average molecular weight is 272 g/mol. The van der Waals surface area contributed by atoms with Gasteiger partial charge in [-0.1, -0.05) is 11.6 Å². The van der Waals surface area contributed by atoms with Gasteiger partial charge in [-0.05, 0) is 25.1 Å². The fraction of sp³-hybridized carbons (Fsp3) is 0.333. The number of hydrogen-bond acceptors (Lipinski definition) is 5. The van der Waals surface area contributed by atoms with Crippen LogP contribution in [-0.4, -0.2) is 32.2 Å². The Bertz CT molecular complexity index is 461. The molecule has 1 unspecified atom stereocenters. The van der Waals surface area contributed by atoms with Crippen molar-refractivity contribution in [2.75, 3.05) is 19.5 Å². The van der Waals surface area contributed by atoms with Crippen LogP contribution >= 0.6 is 11.6 Å². The average Bonchev–Trinajstić information content (AvgIpc) is 2.39. The number of carbonyl (C=O) groups excluding carboxylic acids is 2. The first-order valence-electron chi connectivity index (χ1n) is 5.21. The van der Waals surface area contributed by atoms with Crippen LogP contribution in [-0.2, 0) is 14.3 Å². The molecule has 1 atom stereocenters. The number of ether oxygens (including phenoxy) is 2. The zero-order valence-electron chi connectivity index (χ0n) is 10.3. The number of hydrogen-bond donors (Lipinski definition) is 1. The molecule has 1 aromatic carbocycles. The molecule has 0 saturated carbocycles. The van der Waals surface area contributed by atoms with Crippen molar-refractivity contribution in [3.63, 3.8) is 0 Å². The van der Waals surface area contributed by atoms with Gasteiger partial charge < -0.3 is 14.8 Å². The van der Waals surface area contributed by atoms with Crippen LogP contribution < -0.4 is 5.32 Å². The van der Waals surface area contributed by atoms with Crippen molar-refractivity contribution >= 4 is 29.2 Å². The Morgan fingerprint density at radius 2 is 1.94 bits per heavy atom. The van der Waals surface area contributed by atoms with E-state index >= 15 is 0 Å². The number of halogens is 1. The van der Waals surface area contributed by atoms with Crippen molar-refractivity contribution in [3.8, 4) is 0 Å². The molecule has 1 N–H and O–H groups in total. The topological polar surface area (TPSA) is 64.6 Å². The van der Waals surface area contributed by atoms with Gasteiger partial charge in [-0.3, -0.25) is 0 Å². The van der Waals surface area contributed by atoms with Crippen LogP contribution in [0.4, 0.5) is 5.69 Å². The Morgan fingerprint density at radius 1 is 1.28 bits per heavy atom. The summed E-state index contributed by atoms with van der Waals surface area (Å²) in [5, 5.41) is 3.27. The van der Waals surface area contributed by atoms with Crippen molar-refractivity contribution < 1.29 is 19.1 Å². The van der Waals surface area contributed by atoms with Crippen LogP contribution in [0.25, 0.3) is 0 Å². The van der Waals surface area contributed by atoms with Gasteiger partial charge >= 0.3 is 11.9 Å². The van der Waals surface area contributed by atoms with Crippen LogP contribution in [0.1, 0.15) is 17.3 Å². The Hall–Kier alpha value is -1.75. The highest BCUT2D eigenvalue weighted by atomic mass is 35.5. The molecule has 0 radical (unpaired) electrons. The third kappa shape index (κ3) is 3.37. The van der Waals surface area contributed by atoms with Crippen LogP contribution in [0, 0.1) is 0 Å². The number of rotatable bonds is 4. The minimum absolute atomic E-state index is 0.349. The van der Waals surface area contributed by atoms with Gasteiger partial charge in [0.15, 0.2) is 0 Å². The highest BCUT2D eigenvalue weighted by Gasteiger charge is 2.15. The quantitative estimate of drug-likeness (QED) is 0.850. The summed E-state index contributed by atoms with van der Waals surface area (Å²) in [4.78, 5) is 22.7. The van der Waals surface area contributed by atoms with Crippen LogP contribution in [0.3, 0.4) is 0 Å². The van der Waals surface area contributed by atoms with E-state index in [2.05, 4.69) is 14.8 Å². The molecule has 98 valence electrons. The minimum Gasteiger partial charge on any atom is -0.467 e. The summed E-state index contributed by atoms with van der Waals surface area (Å²) in [5.74, 6) is -0.894. The number of carbonyl (C=O) groups is 2. The first-order valence-corrected chi connectivity index (χ1v) is 5.59. The smallest absolute Gasteiger partial charge is 0.337 e. The van der Waals surface area contributed by atoms with Gasteiger partial charge in [0.2, 0.25) is 0 Å². The maximum Gasteiger partial charge on any atom is 0.337 e. The molecule has 6 heteroatoms. The number of benzene rings is 1. The molecule has 0 aromatic heterocycles.